The van der Waals surface area contributed by atoms with E-state index in [2.05, 4.69) is 10.2 Å². The monoisotopic (exact) mass is 254 g/mol. The third-order valence-corrected chi connectivity index (χ3v) is 4.24. The van der Waals surface area contributed by atoms with E-state index in [-0.39, 0.29) is 0 Å². The van der Waals surface area contributed by atoms with Crippen LogP contribution in [0.1, 0.15) is 38.5 Å². The maximum atomic E-state index is 12.1. The highest BCUT2D eigenvalue weighted by atomic mass is 16.5. The van der Waals surface area contributed by atoms with Gasteiger partial charge in [0.2, 0.25) is 5.91 Å². The molecule has 4 heteroatoms. The van der Waals surface area contributed by atoms with Gasteiger partial charge in [-0.15, -0.1) is 0 Å². The zero-order valence-electron chi connectivity index (χ0n) is 11.5. The van der Waals surface area contributed by atoms with Crippen LogP contribution in [0, 0.1) is 5.92 Å². The molecule has 2 atom stereocenters. The maximum absolute atomic E-state index is 12.1. The number of carbonyl (C=O) groups excluding carboxylic acids is 1. The van der Waals surface area contributed by atoms with Gasteiger partial charge in [0.05, 0.1) is 6.61 Å². The van der Waals surface area contributed by atoms with Gasteiger partial charge in [0.15, 0.2) is 0 Å². The summed E-state index contributed by atoms with van der Waals surface area (Å²) in [6, 6.07) is 0.385. The number of hydrogen-bond donors (Lipinski definition) is 1. The van der Waals surface area contributed by atoms with Gasteiger partial charge in [-0.1, -0.05) is 12.8 Å². The average molecular weight is 254 g/mol. The highest BCUT2D eigenvalue weighted by molar-refractivity contribution is 5.76. The molecule has 2 unspecified atom stereocenters. The molecule has 2 fully saturated rings. The van der Waals surface area contributed by atoms with E-state index < -0.39 is 0 Å². The van der Waals surface area contributed by atoms with Crippen molar-refractivity contribution in [1.29, 1.82) is 0 Å². The van der Waals surface area contributed by atoms with Gasteiger partial charge in [-0.05, 0) is 26.3 Å². The lowest BCUT2D eigenvalue weighted by molar-refractivity contribution is -0.132. The van der Waals surface area contributed by atoms with Gasteiger partial charge < -0.3 is 15.0 Å². The molecule has 0 radical (unpaired) electrons. The van der Waals surface area contributed by atoms with Crippen LogP contribution in [0.15, 0.2) is 0 Å². The van der Waals surface area contributed by atoms with E-state index in [0.717, 1.165) is 52.0 Å². The molecule has 2 saturated heterocycles. The predicted octanol–water partition coefficient (Wildman–Crippen LogP) is 1.40. The topological polar surface area (TPSA) is 41.6 Å². The molecule has 2 rings (SSSR count). The molecule has 104 valence electrons. The van der Waals surface area contributed by atoms with Gasteiger partial charge in [-0.3, -0.25) is 4.79 Å². The number of ether oxygens (including phenoxy) is 1. The number of nitrogens with one attached hydrogen (secondary N) is 1. The third-order valence-electron chi connectivity index (χ3n) is 4.24. The van der Waals surface area contributed by atoms with Crippen LogP contribution in [-0.2, 0) is 9.53 Å². The Morgan fingerprint density at radius 3 is 2.94 bits per heavy atom. The number of likely N-dealkylation sites (tertiary alicyclic amines) is 1. The Morgan fingerprint density at radius 2 is 2.22 bits per heavy atom. The smallest absolute Gasteiger partial charge is 0.222 e. The Labute approximate surface area is 110 Å². The number of nitrogens with zero attached hydrogens (tertiary/aromatic N) is 1. The minimum atomic E-state index is 0.342. The molecule has 1 N–H and O–H groups in total. The summed E-state index contributed by atoms with van der Waals surface area (Å²) in [4.78, 5) is 14.2. The molecule has 1 amide bonds. The first-order valence-corrected chi connectivity index (χ1v) is 7.34. The fourth-order valence-corrected chi connectivity index (χ4v) is 2.99. The van der Waals surface area contributed by atoms with Gasteiger partial charge in [-0.2, -0.15) is 0 Å². The zero-order valence-corrected chi connectivity index (χ0v) is 11.5. The quantitative estimate of drug-likeness (QED) is 0.824. The summed E-state index contributed by atoms with van der Waals surface area (Å²) in [7, 11) is 2.00. The van der Waals surface area contributed by atoms with Crippen LogP contribution >= 0.6 is 0 Å². The minimum absolute atomic E-state index is 0.342. The summed E-state index contributed by atoms with van der Waals surface area (Å²) in [5.41, 5.74) is 0. The lowest BCUT2D eigenvalue weighted by Crippen LogP contribution is -2.47. The van der Waals surface area contributed by atoms with Crippen LogP contribution in [0.5, 0.6) is 0 Å². The molecule has 18 heavy (non-hydrogen) atoms. The zero-order chi connectivity index (χ0) is 12.8. The van der Waals surface area contributed by atoms with E-state index in [1.54, 1.807) is 0 Å². The molecule has 4 nitrogen and oxygen atoms in total. The molecule has 2 aliphatic heterocycles. The van der Waals surface area contributed by atoms with Crippen molar-refractivity contribution in [2.24, 2.45) is 5.92 Å². The molecule has 2 heterocycles. The second-order valence-corrected chi connectivity index (χ2v) is 5.52. The fourth-order valence-electron chi connectivity index (χ4n) is 2.99. The Balaban J connectivity index is 1.89. The minimum Gasteiger partial charge on any atom is -0.381 e. The van der Waals surface area contributed by atoms with Crippen LogP contribution in [0.2, 0.25) is 0 Å². The second-order valence-electron chi connectivity index (χ2n) is 5.52. The average Bonchev–Trinajstić information content (AvgIpc) is 2.88. The third kappa shape index (κ3) is 3.69. The lowest BCUT2D eigenvalue weighted by atomic mass is 9.98. The van der Waals surface area contributed by atoms with Crippen LogP contribution in [0.3, 0.4) is 0 Å². The van der Waals surface area contributed by atoms with Crippen molar-refractivity contribution in [3.05, 3.63) is 0 Å². The molecule has 0 spiro atoms. The van der Waals surface area contributed by atoms with Crippen molar-refractivity contribution in [1.82, 2.24) is 10.2 Å². The molecule has 2 aliphatic rings. The van der Waals surface area contributed by atoms with E-state index in [0.29, 0.717) is 17.9 Å². The number of hydrogen-bond acceptors (Lipinski definition) is 3. The van der Waals surface area contributed by atoms with Crippen LogP contribution in [-0.4, -0.2) is 50.2 Å². The van der Waals surface area contributed by atoms with Crippen molar-refractivity contribution in [2.45, 2.75) is 44.6 Å². The normalized spacial score (nSPS) is 27.9. The largest absolute Gasteiger partial charge is 0.381 e. The summed E-state index contributed by atoms with van der Waals surface area (Å²) >= 11 is 0. The fraction of sp³-hybridized carbons (Fsp3) is 0.929. The highest BCUT2D eigenvalue weighted by Gasteiger charge is 2.27. The Morgan fingerprint density at radius 1 is 1.39 bits per heavy atom. The van der Waals surface area contributed by atoms with Crippen LogP contribution < -0.4 is 5.32 Å². The summed E-state index contributed by atoms with van der Waals surface area (Å²) in [5.74, 6) is 0.905. The Bertz CT molecular complexity index is 265. The van der Waals surface area contributed by atoms with Crippen molar-refractivity contribution < 1.29 is 9.53 Å². The SMILES string of the molecule is CNC(CN1CCCCCCC1=O)C1CCOC1. The number of rotatable bonds is 4. The van der Waals surface area contributed by atoms with E-state index >= 15 is 0 Å². The van der Waals surface area contributed by atoms with E-state index in [1.165, 1.54) is 12.8 Å². The second kappa shape index (κ2) is 7.10. The summed E-state index contributed by atoms with van der Waals surface area (Å²) < 4.78 is 5.46. The van der Waals surface area contributed by atoms with Crippen molar-refractivity contribution >= 4 is 5.91 Å². The summed E-state index contributed by atoms with van der Waals surface area (Å²) in [5, 5.41) is 3.37. The maximum Gasteiger partial charge on any atom is 0.222 e. The van der Waals surface area contributed by atoms with Gasteiger partial charge in [0.25, 0.3) is 0 Å². The van der Waals surface area contributed by atoms with Gasteiger partial charge >= 0.3 is 0 Å². The summed E-state index contributed by atoms with van der Waals surface area (Å²) in [6.45, 7) is 3.50. The predicted molar refractivity (Wildman–Crippen MR) is 71.4 cm³/mol. The molecular weight excluding hydrogens is 228 g/mol. The van der Waals surface area contributed by atoms with E-state index in [1.807, 2.05) is 7.05 Å². The number of carbonyl (C=O) groups is 1. The first-order chi connectivity index (χ1) is 8.81. The molecule has 0 aromatic heterocycles. The highest BCUT2D eigenvalue weighted by Crippen LogP contribution is 2.19. The summed E-state index contributed by atoms with van der Waals surface area (Å²) in [6.07, 6.45) is 6.55. The number of amides is 1. The van der Waals surface area contributed by atoms with E-state index in [9.17, 15) is 4.79 Å². The lowest BCUT2D eigenvalue weighted by Gasteiger charge is -2.31. The first kappa shape index (κ1) is 13.8. The number of likely N-dealkylation sites (N-methyl/N-ethyl adjacent to an activating group) is 1. The van der Waals surface area contributed by atoms with Gasteiger partial charge in [0.1, 0.15) is 0 Å². The van der Waals surface area contributed by atoms with Crippen LogP contribution in [0.4, 0.5) is 0 Å². The Hall–Kier alpha value is -0.610. The molecular formula is C14H26N2O2. The van der Waals surface area contributed by atoms with Gasteiger partial charge in [0, 0.05) is 38.1 Å². The molecule has 0 saturated carbocycles. The molecule has 0 aromatic carbocycles. The van der Waals surface area contributed by atoms with Crippen molar-refractivity contribution in [3.63, 3.8) is 0 Å². The van der Waals surface area contributed by atoms with Gasteiger partial charge in [-0.25, -0.2) is 0 Å². The van der Waals surface area contributed by atoms with Crippen molar-refractivity contribution in [3.8, 4) is 0 Å². The Kier molecular flexibility index (Phi) is 5.45. The van der Waals surface area contributed by atoms with E-state index in [4.69, 9.17) is 4.74 Å². The molecule has 0 bridgehead atoms. The molecule has 0 aromatic rings. The standard InChI is InChI=1S/C14H26N2O2/c1-15-13(12-7-9-18-11-12)10-16-8-5-3-2-4-6-14(16)17/h12-13,15H,2-11H2,1H3. The molecule has 0 aliphatic carbocycles. The van der Waals surface area contributed by atoms with Crippen LogP contribution in [0.25, 0.3) is 0 Å². The first-order valence-electron chi connectivity index (χ1n) is 7.34. The van der Waals surface area contributed by atoms with Crippen molar-refractivity contribution in [2.75, 3.05) is 33.4 Å².